The number of nitro groups is 1. The van der Waals surface area contributed by atoms with Gasteiger partial charge in [-0.15, -0.1) is 0 Å². The van der Waals surface area contributed by atoms with Crippen molar-refractivity contribution in [2.45, 2.75) is 26.2 Å². The van der Waals surface area contributed by atoms with Gasteiger partial charge >= 0.3 is 0 Å². The summed E-state index contributed by atoms with van der Waals surface area (Å²) >= 11 is 0. The number of carbonyl (C=O) groups is 4. The molecular formula is C25H23N3O6. The Labute approximate surface area is 195 Å². The minimum absolute atomic E-state index is 0.0444. The van der Waals surface area contributed by atoms with Crippen molar-refractivity contribution in [1.29, 1.82) is 0 Å². The second kappa shape index (κ2) is 8.16. The molecule has 2 aromatic rings. The van der Waals surface area contributed by atoms with Crippen LogP contribution in [0.5, 0.6) is 0 Å². The van der Waals surface area contributed by atoms with Gasteiger partial charge < -0.3 is 0 Å². The molecule has 0 N–H and O–H groups in total. The van der Waals surface area contributed by atoms with Gasteiger partial charge in [0.15, 0.2) is 5.78 Å². The highest BCUT2D eigenvalue weighted by Crippen LogP contribution is 2.56. The number of rotatable bonds is 6. The van der Waals surface area contributed by atoms with Gasteiger partial charge in [0, 0.05) is 23.3 Å². The summed E-state index contributed by atoms with van der Waals surface area (Å²) in [5.74, 6) is -2.68. The lowest BCUT2D eigenvalue weighted by Gasteiger charge is -2.30. The molecule has 1 aliphatic heterocycles. The van der Waals surface area contributed by atoms with Crippen LogP contribution in [0.15, 0.2) is 48.5 Å². The molecule has 1 heterocycles. The lowest BCUT2D eigenvalue weighted by Crippen LogP contribution is -2.52. The molecule has 2 bridgehead atoms. The number of benzene rings is 2. The zero-order valence-electron chi connectivity index (χ0n) is 18.5. The molecule has 2 saturated carbocycles. The van der Waals surface area contributed by atoms with Crippen LogP contribution >= 0.6 is 0 Å². The molecular weight excluding hydrogens is 438 g/mol. The molecule has 0 aromatic heterocycles. The molecule has 2 aromatic carbocycles. The lowest BCUT2D eigenvalue weighted by atomic mass is 9.81. The standard InChI is InChI=1S/C25H23N3O6/c1-14-2-4-15(5-3-14)20(29)13-26(23(30)16-8-10-19(11-9-16)28(33)34)27-24(31)21-17-6-7-18(12-17)22(21)25(27)32/h2-5,8-11,17-18,21-22H,6-7,12-13H2,1H3/t17-,18-,21-,22+/m0/s1. The fourth-order valence-electron chi connectivity index (χ4n) is 5.71. The monoisotopic (exact) mass is 461 g/mol. The average molecular weight is 461 g/mol. The van der Waals surface area contributed by atoms with Gasteiger partial charge in [-0.25, -0.2) is 5.01 Å². The van der Waals surface area contributed by atoms with Crippen molar-refractivity contribution >= 4 is 29.2 Å². The SMILES string of the molecule is Cc1ccc(C(=O)CN(C(=O)c2ccc([N+](=O)[O-])cc2)N2C(=O)[C@@H]3[C@H]4CC[C@@H](C4)[C@@H]3C2=O)cc1. The normalized spacial score (nSPS) is 24.9. The first-order chi connectivity index (χ1) is 16.3. The molecule has 3 amide bonds. The molecule has 5 rings (SSSR count). The summed E-state index contributed by atoms with van der Waals surface area (Å²) in [5, 5.41) is 12.8. The summed E-state index contributed by atoms with van der Waals surface area (Å²) < 4.78 is 0. The number of fused-ring (bicyclic) bond motifs is 5. The smallest absolute Gasteiger partial charge is 0.273 e. The van der Waals surface area contributed by atoms with Gasteiger partial charge in [-0.2, -0.15) is 5.01 Å². The van der Waals surface area contributed by atoms with E-state index in [1.54, 1.807) is 24.3 Å². The average Bonchev–Trinajstić information content (AvgIpc) is 3.51. The van der Waals surface area contributed by atoms with Crippen LogP contribution in [0.4, 0.5) is 5.69 Å². The maximum atomic E-state index is 13.5. The number of hydrogen-bond acceptors (Lipinski definition) is 6. The molecule has 174 valence electrons. The predicted molar refractivity (Wildman–Crippen MR) is 119 cm³/mol. The van der Waals surface area contributed by atoms with E-state index in [1.165, 1.54) is 24.3 Å². The molecule has 3 fully saturated rings. The number of Topliss-reactive ketones (excluding diaryl/α,β-unsaturated/α-hetero) is 1. The highest BCUT2D eigenvalue weighted by atomic mass is 16.6. The fraction of sp³-hybridized carbons (Fsp3) is 0.360. The molecule has 1 saturated heterocycles. The molecule has 9 nitrogen and oxygen atoms in total. The summed E-state index contributed by atoms with van der Waals surface area (Å²) in [6.07, 6.45) is 2.62. The minimum atomic E-state index is -0.732. The van der Waals surface area contributed by atoms with Crippen LogP contribution in [-0.4, -0.2) is 45.0 Å². The number of amides is 3. The first-order valence-electron chi connectivity index (χ1n) is 11.3. The molecule has 0 radical (unpaired) electrons. The zero-order valence-corrected chi connectivity index (χ0v) is 18.5. The quantitative estimate of drug-likeness (QED) is 0.282. The molecule has 3 aliphatic rings. The third kappa shape index (κ3) is 3.48. The lowest BCUT2D eigenvalue weighted by molar-refractivity contribution is -0.384. The van der Waals surface area contributed by atoms with Gasteiger partial charge in [0.2, 0.25) is 0 Å². The van der Waals surface area contributed by atoms with Crippen LogP contribution in [0.25, 0.3) is 0 Å². The van der Waals surface area contributed by atoms with E-state index in [1.807, 2.05) is 6.92 Å². The second-order valence-electron chi connectivity index (χ2n) is 9.33. The number of non-ortho nitro benzene ring substituents is 1. The third-order valence-electron chi connectivity index (χ3n) is 7.37. The van der Waals surface area contributed by atoms with Crippen molar-refractivity contribution in [3.05, 3.63) is 75.3 Å². The van der Waals surface area contributed by atoms with E-state index in [0.717, 1.165) is 34.8 Å². The largest absolute Gasteiger partial charge is 0.292 e. The number of nitro benzene ring substituents is 1. The van der Waals surface area contributed by atoms with E-state index in [-0.39, 0.29) is 23.1 Å². The second-order valence-corrected chi connectivity index (χ2v) is 9.33. The summed E-state index contributed by atoms with van der Waals surface area (Å²) in [4.78, 5) is 63.7. The molecule has 0 unspecified atom stereocenters. The van der Waals surface area contributed by atoms with Crippen LogP contribution in [0, 0.1) is 40.7 Å². The number of aryl methyl sites for hydroxylation is 1. The molecule has 34 heavy (non-hydrogen) atoms. The number of hydrazine groups is 1. The van der Waals surface area contributed by atoms with Crippen molar-refractivity contribution in [2.75, 3.05) is 6.54 Å². The number of imide groups is 1. The maximum Gasteiger partial charge on any atom is 0.273 e. The van der Waals surface area contributed by atoms with E-state index < -0.39 is 46.8 Å². The Morgan fingerprint density at radius 2 is 1.47 bits per heavy atom. The Kier molecular flexibility index (Phi) is 5.27. The summed E-state index contributed by atoms with van der Waals surface area (Å²) in [5.41, 5.74) is 1.16. The Bertz CT molecular complexity index is 1180. The maximum absolute atomic E-state index is 13.5. The Morgan fingerprint density at radius 3 is 2.00 bits per heavy atom. The minimum Gasteiger partial charge on any atom is -0.292 e. The first-order valence-corrected chi connectivity index (χ1v) is 11.3. The molecule has 4 atom stereocenters. The van der Waals surface area contributed by atoms with Crippen LogP contribution in [0.2, 0.25) is 0 Å². The topological polar surface area (TPSA) is 118 Å². The summed E-state index contributed by atoms with van der Waals surface area (Å²) in [6.45, 7) is 1.39. The van der Waals surface area contributed by atoms with Gasteiger partial charge in [0.1, 0.15) is 6.54 Å². The Balaban J connectivity index is 1.49. The van der Waals surface area contributed by atoms with Gasteiger partial charge in [0.25, 0.3) is 23.4 Å². The van der Waals surface area contributed by atoms with E-state index in [0.29, 0.717) is 5.56 Å². The number of carbonyl (C=O) groups excluding carboxylic acids is 4. The van der Waals surface area contributed by atoms with Crippen molar-refractivity contribution in [3.63, 3.8) is 0 Å². The third-order valence-corrected chi connectivity index (χ3v) is 7.37. The van der Waals surface area contributed by atoms with Crippen molar-refractivity contribution in [1.82, 2.24) is 10.0 Å². The number of hydrogen-bond donors (Lipinski definition) is 0. The van der Waals surface area contributed by atoms with E-state index in [4.69, 9.17) is 0 Å². The Morgan fingerprint density at radius 1 is 0.941 bits per heavy atom. The van der Waals surface area contributed by atoms with Crippen molar-refractivity contribution in [3.8, 4) is 0 Å². The van der Waals surface area contributed by atoms with E-state index in [9.17, 15) is 29.3 Å². The van der Waals surface area contributed by atoms with Gasteiger partial charge in [0.05, 0.1) is 16.8 Å². The van der Waals surface area contributed by atoms with E-state index >= 15 is 0 Å². The van der Waals surface area contributed by atoms with Crippen molar-refractivity contribution in [2.24, 2.45) is 23.7 Å². The Hall–Kier alpha value is -3.88. The summed E-state index contributed by atoms with van der Waals surface area (Å²) in [7, 11) is 0. The van der Waals surface area contributed by atoms with E-state index in [2.05, 4.69) is 0 Å². The fourth-order valence-corrected chi connectivity index (χ4v) is 5.71. The highest BCUT2D eigenvalue weighted by Gasteiger charge is 2.62. The van der Waals surface area contributed by atoms with Crippen LogP contribution in [0.1, 0.15) is 45.5 Å². The highest BCUT2D eigenvalue weighted by molar-refractivity contribution is 6.10. The van der Waals surface area contributed by atoms with Crippen LogP contribution in [-0.2, 0) is 9.59 Å². The van der Waals surface area contributed by atoms with Gasteiger partial charge in [-0.1, -0.05) is 29.8 Å². The molecule has 9 heteroatoms. The van der Waals surface area contributed by atoms with Gasteiger partial charge in [-0.3, -0.25) is 29.3 Å². The first kappa shape index (κ1) is 21.9. The summed E-state index contributed by atoms with van der Waals surface area (Å²) in [6, 6.07) is 11.7. The molecule has 2 aliphatic carbocycles. The van der Waals surface area contributed by atoms with Gasteiger partial charge in [-0.05, 0) is 50.2 Å². The zero-order chi connectivity index (χ0) is 24.1. The molecule has 0 spiro atoms. The predicted octanol–water partition coefficient (Wildman–Crippen LogP) is 3.17. The van der Waals surface area contributed by atoms with Crippen molar-refractivity contribution < 1.29 is 24.1 Å². The van der Waals surface area contributed by atoms with Crippen LogP contribution in [0.3, 0.4) is 0 Å². The van der Waals surface area contributed by atoms with Crippen LogP contribution < -0.4 is 0 Å². The number of nitrogens with zero attached hydrogens (tertiary/aromatic N) is 3. The number of ketones is 1.